The Morgan fingerprint density at radius 3 is 2.81 bits per heavy atom. The Bertz CT molecular complexity index is 605. The molecule has 2 aromatic rings. The number of benzene rings is 1. The molecule has 2 nitrogen and oxygen atoms in total. The van der Waals surface area contributed by atoms with Crippen LogP contribution in [0.5, 0.6) is 0 Å². The number of nitrogens with zero attached hydrogens (tertiary/aromatic N) is 1. The van der Waals surface area contributed by atoms with Crippen LogP contribution in [-0.2, 0) is 6.42 Å². The highest BCUT2D eigenvalue weighted by Gasteiger charge is 2.18. The van der Waals surface area contributed by atoms with Crippen LogP contribution in [0.4, 0.5) is 4.39 Å². The molecule has 1 aromatic heterocycles. The molecule has 0 fully saturated rings. The van der Waals surface area contributed by atoms with Crippen LogP contribution < -0.4 is 5.32 Å². The average Bonchev–Trinajstić information content (AvgIpc) is 2.48. The van der Waals surface area contributed by atoms with Crippen molar-refractivity contribution in [3.05, 3.63) is 63.6 Å². The molecule has 21 heavy (non-hydrogen) atoms. The Hall–Kier alpha value is -1.16. The van der Waals surface area contributed by atoms with Crippen molar-refractivity contribution in [1.82, 2.24) is 10.3 Å². The maximum absolute atomic E-state index is 13.9. The number of aromatic nitrogens is 1. The maximum Gasteiger partial charge on any atom is 0.126 e. The lowest BCUT2D eigenvalue weighted by Gasteiger charge is -2.19. The number of halogens is 3. The minimum absolute atomic E-state index is 0.147. The van der Waals surface area contributed by atoms with Gasteiger partial charge in [-0.1, -0.05) is 30.1 Å². The van der Waals surface area contributed by atoms with E-state index in [0.29, 0.717) is 22.0 Å². The fourth-order valence-corrected chi connectivity index (χ4v) is 2.61. The van der Waals surface area contributed by atoms with Gasteiger partial charge in [0.2, 0.25) is 0 Å². The topological polar surface area (TPSA) is 24.9 Å². The van der Waals surface area contributed by atoms with E-state index in [1.807, 2.05) is 0 Å². The summed E-state index contributed by atoms with van der Waals surface area (Å²) in [6, 6.07) is 8.00. The van der Waals surface area contributed by atoms with Crippen LogP contribution in [0.2, 0.25) is 10.0 Å². The van der Waals surface area contributed by atoms with Crippen molar-refractivity contribution in [2.45, 2.75) is 25.8 Å². The second kappa shape index (κ2) is 7.74. The Balaban J connectivity index is 2.28. The first kappa shape index (κ1) is 16.2. The summed E-state index contributed by atoms with van der Waals surface area (Å²) in [6.07, 6.45) is 3.11. The number of nitrogens with one attached hydrogen (secondary N) is 1. The summed E-state index contributed by atoms with van der Waals surface area (Å²) in [5.74, 6) is -0.269. The van der Waals surface area contributed by atoms with Gasteiger partial charge in [-0.05, 0) is 55.3 Å². The summed E-state index contributed by atoms with van der Waals surface area (Å²) in [4.78, 5) is 4.33. The van der Waals surface area contributed by atoms with Crippen molar-refractivity contribution in [3.8, 4) is 0 Å². The van der Waals surface area contributed by atoms with Crippen LogP contribution in [0.25, 0.3) is 0 Å². The molecule has 1 unspecified atom stereocenters. The minimum atomic E-state index is -0.269. The van der Waals surface area contributed by atoms with E-state index >= 15 is 0 Å². The number of rotatable bonds is 6. The molecule has 1 atom stereocenters. The second-order valence-electron chi connectivity index (χ2n) is 4.82. The van der Waals surface area contributed by atoms with E-state index in [9.17, 15) is 4.39 Å². The predicted octanol–water partition coefficient (Wildman–Crippen LogP) is 4.81. The SMILES string of the molecule is CCCNC(Cc1cc(Cl)ccc1F)c1ncccc1Cl. The Morgan fingerprint density at radius 2 is 2.10 bits per heavy atom. The summed E-state index contributed by atoms with van der Waals surface area (Å²) >= 11 is 12.2. The van der Waals surface area contributed by atoms with E-state index in [2.05, 4.69) is 17.2 Å². The summed E-state index contributed by atoms with van der Waals surface area (Å²) in [5, 5.41) is 4.46. The summed E-state index contributed by atoms with van der Waals surface area (Å²) in [7, 11) is 0. The van der Waals surface area contributed by atoms with Crippen molar-refractivity contribution >= 4 is 23.2 Å². The van der Waals surface area contributed by atoms with E-state index in [4.69, 9.17) is 23.2 Å². The van der Waals surface area contributed by atoms with Gasteiger partial charge in [-0.15, -0.1) is 0 Å². The number of hydrogen-bond donors (Lipinski definition) is 1. The van der Waals surface area contributed by atoms with E-state index in [1.54, 1.807) is 30.5 Å². The van der Waals surface area contributed by atoms with Crippen molar-refractivity contribution in [2.24, 2.45) is 0 Å². The highest BCUT2D eigenvalue weighted by molar-refractivity contribution is 6.31. The molecule has 0 aliphatic rings. The molecule has 0 amide bonds. The minimum Gasteiger partial charge on any atom is -0.308 e. The fourth-order valence-electron chi connectivity index (χ4n) is 2.16. The summed E-state index contributed by atoms with van der Waals surface area (Å²) in [6.45, 7) is 2.88. The Labute approximate surface area is 134 Å². The first-order valence-electron chi connectivity index (χ1n) is 6.89. The molecule has 1 N–H and O–H groups in total. The van der Waals surface area contributed by atoms with Gasteiger partial charge >= 0.3 is 0 Å². The highest BCUT2D eigenvalue weighted by atomic mass is 35.5. The van der Waals surface area contributed by atoms with Gasteiger partial charge in [0, 0.05) is 11.2 Å². The third kappa shape index (κ3) is 4.40. The van der Waals surface area contributed by atoms with Crippen molar-refractivity contribution in [2.75, 3.05) is 6.54 Å². The van der Waals surface area contributed by atoms with E-state index in [1.165, 1.54) is 6.07 Å². The van der Waals surface area contributed by atoms with Crippen molar-refractivity contribution in [1.29, 1.82) is 0 Å². The van der Waals surface area contributed by atoms with Gasteiger partial charge in [0.25, 0.3) is 0 Å². The van der Waals surface area contributed by atoms with Crippen molar-refractivity contribution < 1.29 is 4.39 Å². The normalized spacial score (nSPS) is 12.4. The van der Waals surface area contributed by atoms with Crippen LogP contribution >= 0.6 is 23.2 Å². The fraction of sp³-hybridized carbons (Fsp3) is 0.312. The summed E-state index contributed by atoms with van der Waals surface area (Å²) < 4.78 is 13.9. The van der Waals surface area contributed by atoms with Crippen LogP contribution in [0, 0.1) is 5.82 Å². The van der Waals surface area contributed by atoms with Crippen LogP contribution in [-0.4, -0.2) is 11.5 Å². The lowest BCUT2D eigenvalue weighted by molar-refractivity contribution is 0.503. The standard InChI is InChI=1S/C16H17Cl2FN2/c1-2-7-20-15(16-13(18)4-3-8-21-16)10-11-9-12(17)5-6-14(11)19/h3-6,8-9,15,20H,2,7,10H2,1H3. The number of hydrogen-bond acceptors (Lipinski definition) is 2. The highest BCUT2D eigenvalue weighted by Crippen LogP contribution is 2.26. The van der Waals surface area contributed by atoms with Crippen LogP contribution in [0.15, 0.2) is 36.5 Å². The van der Waals surface area contributed by atoms with E-state index in [-0.39, 0.29) is 11.9 Å². The van der Waals surface area contributed by atoms with Gasteiger partial charge < -0.3 is 5.32 Å². The molecule has 0 bridgehead atoms. The molecule has 0 aliphatic heterocycles. The van der Waals surface area contributed by atoms with E-state index < -0.39 is 0 Å². The third-order valence-electron chi connectivity index (χ3n) is 3.19. The molecular weight excluding hydrogens is 310 g/mol. The Morgan fingerprint density at radius 1 is 1.29 bits per heavy atom. The zero-order valence-corrected chi connectivity index (χ0v) is 13.3. The first-order chi connectivity index (χ1) is 10.1. The van der Waals surface area contributed by atoms with E-state index in [0.717, 1.165) is 18.7 Å². The molecule has 0 saturated heterocycles. The van der Waals surface area contributed by atoms with Crippen LogP contribution in [0.3, 0.4) is 0 Å². The smallest absolute Gasteiger partial charge is 0.126 e. The second-order valence-corrected chi connectivity index (χ2v) is 5.66. The molecule has 112 valence electrons. The third-order valence-corrected chi connectivity index (χ3v) is 3.74. The average molecular weight is 327 g/mol. The lowest BCUT2D eigenvalue weighted by Crippen LogP contribution is -2.25. The molecule has 0 spiro atoms. The van der Waals surface area contributed by atoms with Gasteiger partial charge in [-0.25, -0.2) is 4.39 Å². The molecule has 0 radical (unpaired) electrons. The lowest BCUT2D eigenvalue weighted by atomic mass is 10.0. The van der Waals surface area contributed by atoms with Crippen LogP contribution in [0.1, 0.15) is 30.6 Å². The molecule has 5 heteroatoms. The molecular formula is C16H17Cl2FN2. The molecule has 0 aliphatic carbocycles. The van der Waals surface area contributed by atoms with Gasteiger partial charge in [0.15, 0.2) is 0 Å². The summed E-state index contributed by atoms with van der Waals surface area (Å²) in [5.41, 5.74) is 1.28. The molecule has 0 saturated carbocycles. The monoisotopic (exact) mass is 326 g/mol. The molecule has 1 heterocycles. The first-order valence-corrected chi connectivity index (χ1v) is 7.65. The van der Waals surface area contributed by atoms with Gasteiger partial charge in [0.1, 0.15) is 5.82 Å². The quantitative estimate of drug-likeness (QED) is 0.823. The van der Waals surface area contributed by atoms with Gasteiger partial charge in [0.05, 0.1) is 16.8 Å². The zero-order valence-electron chi connectivity index (χ0n) is 11.7. The zero-order chi connectivity index (χ0) is 15.2. The van der Waals surface area contributed by atoms with Gasteiger partial charge in [-0.2, -0.15) is 0 Å². The maximum atomic E-state index is 13.9. The van der Waals surface area contributed by atoms with Crippen molar-refractivity contribution in [3.63, 3.8) is 0 Å². The predicted molar refractivity (Wildman–Crippen MR) is 85.4 cm³/mol. The Kier molecular flexibility index (Phi) is 5.97. The largest absolute Gasteiger partial charge is 0.308 e. The number of pyridine rings is 1. The molecule has 1 aromatic carbocycles. The van der Waals surface area contributed by atoms with Gasteiger partial charge in [-0.3, -0.25) is 4.98 Å². The molecule has 2 rings (SSSR count).